The molecule has 2 N–H and O–H groups in total. The molecule has 0 fully saturated rings. The quantitative estimate of drug-likeness (QED) is 0.778. The minimum absolute atomic E-state index is 0.105. The zero-order valence-electron chi connectivity index (χ0n) is 11.8. The van der Waals surface area contributed by atoms with Crippen LogP contribution in [0.4, 0.5) is 13.2 Å². The zero-order chi connectivity index (χ0) is 17.4. The Bertz CT molecular complexity index is 724. The number of rotatable bonds is 3. The summed E-state index contributed by atoms with van der Waals surface area (Å²) in [5.74, 6) is -1.66. The summed E-state index contributed by atoms with van der Waals surface area (Å²) in [6, 6.07) is 5.64. The first-order valence-corrected chi connectivity index (χ1v) is 7.22. The highest BCUT2D eigenvalue weighted by Gasteiger charge is 2.58. The molecule has 0 bridgehead atoms. The van der Waals surface area contributed by atoms with E-state index in [9.17, 15) is 23.4 Å². The SMILES string of the molecule is CC(c1ccc(O)c(Cl)c1)C(O)(c1ccnc(Cl)c1)C(F)(F)F. The van der Waals surface area contributed by atoms with Crippen LogP contribution >= 0.6 is 23.2 Å². The molecule has 8 heteroatoms. The van der Waals surface area contributed by atoms with Crippen LogP contribution in [0.15, 0.2) is 36.5 Å². The molecule has 124 valence electrons. The number of pyridine rings is 1. The van der Waals surface area contributed by atoms with Gasteiger partial charge in [0.15, 0.2) is 5.60 Å². The van der Waals surface area contributed by atoms with Gasteiger partial charge in [-0.1, -0.05) is 36.2 Å². The lowest BCUT2D eigenvalue weighted by molar-refractivity contribution is -0.274. The second-order valence-corrected chi connectivity index (χ2v) is 5.86. The predicted octanol–water partition coefficient (Wildman–Crippen LogP) is 4.65. The normalized spacial score (nSPS) is 16.0. The number of halogens is 5. The number of hydrogen-bond acceptors (Lipinski definition) is 3. The van der Waals surface area contributed by atoms with Gasteiger partial charge in [0.2, 0.25) is 0 Å². The molecule has 2 atom stereocenters. The number of aliphatic hydroxyl groups is 1. The molecule has 1 aromatic carbocycles. The number of phenolic OH excluding ortho intramolecular Hbond substituents is 1. The summed E-state index contributed by atoms with van der Waals surface area (Å²) in [5, 5.41) is 19.6. The summed E-state index contributed by atoms with van der Waals surface area (Å²) in [5.41, 5.74) is -3.51. The molecule has 1 aromatic heterocycles. The van der Waals surface area contributed by atoms with E-state index in [1.165, 1.54) is 25.1 Å². The van der Waals surface area contributed by atoms with Crippen LogP contribution in [-0.4, -0.2) is 21.4 Å². The predicted molar refractivity (Wildman–Crippen MR) is 80.7 cm³/mol. The van der Waals surface area contributed by atoms with E-state index in [4.69, 9.17) is 23.2 Å². The smallest absolute Gasteiger partial charge is 0.422 e. The van der Waals surface area contributed by atoms with E-state index in [2.05, 4.69) is 4.98 Å². The number of hydrogen-bond donors (Lipinski definition) is 2. The van der Waals surface area contributed by atoms with Crippen molar-refractivity contribution in [2.75, 3.05) is 0 Å². The highest BCUT2D eigenvalue weighted by atomic mass is 35.5. The van der Waals surface area contributed by atoms with E-state index < -0.39 is 23.3 Å². The van der Waals surface area contributed by atoms with Crippen LogP contribution in [0, 0.1) is 0 Å². The first kappa shape index (κ1) is 17.8. The minimum Gasteiger partial charge on any atom is -0.506 e. The van der Waals surface area contributed by atoms with E-state index in [-0.39, 0.29) is 21.5 Å². The molecule has 0 spiro atoms. The van der Waals surface area contributed by atoms with Gasteiger partial charge >= 0.3 is 6.18 Å². The van der Waals surface area contributed by atoms with Gasteiger partial charge in [0.25, 0.3) is 0 Å². The first-order chi connectivity index (χ1) is 10.6. The van der Waals surface area contributed by atoms with Crippen molar-refractivity contribution < 1.29 is 23.4 Å². The van der Waals surface area contributed by atoms with Crippen molar-refractivity contribution in [1.29, 1.82) is 0 Å². The number of alkyl halides is 3. The minimum atomic E-state index is -4.97. The van der Waals surface area contributed by atoms with Gasteiger partial charge in [-0.05, 0) is 35.4 Å². The molecule has 2 aromatic rings. The third kappa shape index (κ3) is 3.24. The Kier molecular flexibility index (Phi) is 4.80. The fourth-order valence-electron chi connectivity index (χ4n) is 2.33. The number of phenols is 1. The van der Waals surface area contributed by atoms with Crippen LogP contribution in [0.1, 0.15) is 24.0 Å². The maximum atomic E-state index is 13.6. The number of nitrogens with zero attached hydrogens (tertiary/aromatic N) is 1. The highest BCUT2D eigenvalue weighted by molar-refractivity contribution is 6.32. The molecule has 1 heterocycles. The number of aromatic hydroxyl groups is 1. The van der Waals surface area contributed by atoms with E-state index >= 15 is 0 Å². The van der Waals surface area contributed by atoms with Crippen LogP contribution in [0.5, 0.6) is 5.75 Å². The van der Waals surface area contributed by atoms with E-state index in [1.54, 1.807) is 0 Å². The Labute approximate surface area is 140 Å². The summed E-state index contributed by atoms with van der Waals surface area (Å²) < 4.78 is 40.9. The van der Waals surface area contributed by atoms with Crippen molar-refractivity contribution in [2.24, 2.45) is 0 Å². The van der Waals surface area contributed by atoms with Crippen molar-refractivity contribution in [2.45, 2.75) is 24.6 Å². The van der Waals surface area contributed by atoms with E-state index in [0.29, 0.717) is 0 Å². The number of aromatic nitrogens is 1. The molecule has 0 aliphatic carbocycles. The van der Waals surface area contributed by atoms with Gasteiger partial charge < -0.3 is 10.2 Å². The van der Waals surface area contributed by atoms with E-state index in [0.717, 1.165) is 18.3 Å². The van der Waals surface area contributed by atoms with Gasteiger partial charge in [0, 0.05) is 12.1 Å². The van der Waals surface area contributed by atoms with Gasteiger partial charge in [-0.25, -0.2) is 4.98 Å². The third-order valence-electron chi connectivity index (χ3n) is 3.70. The second kappa shape index (κ2) is 6.19. The Balaban J connectivity index is 2.60. The maximum Gasteiger partial charge on any atom is 0.422 e. The molecule has 0 aliphatic heterocycles. The molecule has 0 saturated carbocycles. The van der Waals surface area contributed by atoms with Crippen molar-refractivity contribution >= 4 is 23.2 Å². The van der Waals surface area contributed by atoms with Crippen molar-refractivity contribution in [3.8, 4) is 5.75 Å². The summed E-state index contributed by atoms with van der Waals surface area (Å²) >= 11 is 11.4. The Hall–Kier alpha value is -1.50. The van der Waals surface area contributed by atoms with Gasteiger partial charge in [-0.2, -0.15) is 13.2 Å². The first-order valence-electron chi connectivity index (χ1n) is 6.47. The lowest BCUT2D eigenvalue weighted by atomic mass is 9.78. The third-order valence-corrected chi connectivity index (χ3v) is 4.21. The van der Waals surface area contributed by atoms with Gasteiger partial charge in [0.1, 0.15) is 10.9 Å². The van der Waals surface area contributed by atoms with Crippen molar-refractivity contribution in [3.05, 3.63) is 57.8 Å². The molecular formula is C15H12Cl2F3NO2. The Morgan fingerprint density at radius 3 is 2.30 bits per heavy atom. The lowest BCUT2D eigenvalue weighted by Gasteiger charge is -2.36. The zero-order valence-corrected chi connectivity index (χ0v) is 13.3. The van der Waals surface area contributed by atoms with Crippen LogP contribution in [0.25, 0.3) is 0 Å². The lowest BCUT2D eigenvalue weighted by Crippen LogP contribution is -2.46. The molecule has 2 rings (SSSR count). The van der Waals surface area contributed by atoms with E-state index in [1.807, 2.05) is 0 Å². The second-order valence-electron chi connectivity index (χ2n) is 5.06. The highest BCUT2D eigenvalue weighted by Crippen LogP contribution is 2.49. The Morgan fingerprint density at radius 2 is 1.78 bits per heavy atom. The average Bonchev–Trinajstić information content (AvgIpc) is 2.47. The van der Waals surface area contributed by atoms with Crippen molar-refractivity contribution in [1.82, 2.24) is 4.98 Å². The van der Waals surface area contributed by atoms with Crippen molar-refractivity contribution in [3.63, 3.8) is 0 Å². The maximum absolute atomic E-state index is 13.6. The summed E-state index contributed by atoms with van der Waals surface area (Å²) in [6.45, 7) is 1.21. The van der Waals surface area contributed by atoms with Crippen LogP contribution in [0.3, 0.4) is 0 Å². The van der Waals surface area contributed by atoms with Gasteiger partial charge in [-0.3, -0.25) is 0 Å². The van der Waals surface area contributed by atoms with Gasteiger partial charge in [-0.15, -0.1) is 0 Å². The Morgan fingerprint density at radius 1 is 1.13 bits per heavy atom. The molecule has 2 unspecified atom stereocenters. The molecule has 0 radical (unpaired) electrons. The average molecular weight is 366 g/mol. The molecular weight excluding hydrogens is 354 g/mol. The summed E-state index contributed by atoms with van der Waals surface area (Å²) in [7, 11) is 0. The topological polar surface area (TPSA) is 53.4 Å². The molecule has 3 nitrogen and oxygen atoms in total. The summed E-state index contributed by atoms with van der Waals surface area (Å²) in [4.78, 5) is 3.63. The molecule has 0 saturated heterocycles. The van der Waals surface area contributed by atoms with Crippen LogP contribution in [-0.2, 0) is 5.60 Å². The number of benzene rings is 1. The van der Waals surface area contributed by atoms with Crippen LogP contribution < -0.4 is 0 Å². The van der Waals surface area contributed by atoms with Crippen LogP contribution in [0.2, 0.25) is 10.2 Å². The monoisotopic (exact) mass is 365 g/mol. The largest absolute Gasteiger partial charge is 0.506 e. The van der Waals surface area contributed by atoms with Gasteiger partial charge in [0.05, 0.1) is 5.02 Å². The fraction of sp³-hybridized carbons (Fsp3) is 0.267. The molecule has 0 aliphatic rings. The fourth-order valence-corrected chi connectivity index (χ4v) is 2.70. The standard InChI is InChI=1S/C15H12Cl2F3NO2/c1-8(9-2-3-12(22)11(16)6-9)14(23,15(18,19)20)10-4-5-21-13(17)7-10/h2-8,22-23H,1H3. The molecule has 0 amide bonds. The summed E-state index contributed by atoms with van der Waals surface area (Å²) in [6.07, 6.45) is -3.88. The molecule has 23 heavy (non-hydrogen) atoms.